The molecule has 4 heteroatoms. The Balaban J connectivity index is 2.12. The third kappa shape index (κ3) is 2.96. The Morgan fingerprint density at radius 1 is 1.39 bits per heavy atom. The smallest absolute Gasteiger partial charge is 0.252 e. The van der Waals surface area contributed by atoms with E-state index in [9.17, 15) is 4.79 Å². The van der Waals surface area contributed by atoms with Gasteiger partial charge < -0.3 is 10.6 Å². The highest BCUT2D eigenvalue weighted by molar-refractivity contribution is 6.34. The van der Waals surface area contributed by atoms with E-state index in [0.717, 1.165) is 11.6 Å². The number of anilines is 1. The van der Waals surface area contributed by atoms with Gasteiger partial charge in [0.1, 0.15) is 0 Å². The quantitative estimate of drug-likeness (QED) is 0.881. The van der Waals surface area contributed by atoms with Gasteiger partial charge in [-0.05, 0) is 43.4 Å². The normalized spacial score (nSPS) is 22.8. The number of rotatable bonds is 3. The van der Waals surface area contributed by atoms with E-state index >= 15 is 0 Å². The summed E-state index contributed by atoms with van der Waals surface area (Å²) < 4.78 is 0. The van der Waals surface area contributed by atoms with Crippen LogP contribution < -0.4 is 10.6 Å². The van der Waals surface area contributed by atoms with Gasteiger partial charge in [0.25, 0.3) is 5.91 Å². The van der Waals surface area contributed by atoms with E-state index in [-0.39, 0.29) is 5.91 Å². The first-order valence-electron chi connectivity index (χ1n) is 6.38. The van der Waals surface area contributed by atoms with Crippen LogP contribution in [0.15, 0.2) is 18.2 Å². The van der Waals surface area contributed by atoms with Gasteiger partial charge in [0.2, 0.25) is 0 Å². The average molecular weight is 267 g/mol. The van der Waals surface area contributed by atoms with Crippen molar-refractivity contribution < 1.29 is 4.79 Å². The minimum absolute atomic E-state index is 0.150. The van der Waals surface area contributed by atoms with Gasteiger partial charge in [-0.15, -0.1) is 0 Å². The fourth-order valence-corrected chi connectivity index (χ4v) is 2.70. The van der Waals surface area contributed by atoms with Crippen LogP contribution in [0.5, 0.6) is 0 Å². The first-order chi connectivity index (χ1) is 8.60. The van der Waals surface area contributed by atoms with Gasteiger partial charge in [0, 0.05) is 18.8 Å². The molecule has 1 aromatic carbocycles. The van der Waals surface area contributed by atoms with Crippen molar-refractivity contribution >= 4 is 23.2 Å². The molecule has 2 N–H and O–H groups in total. The fourth-order valence-electron chi connectivity index (χ4n) is 2.50. The maximum absolute atomic E-state index is 11.7. The van der Waals surface area contributed by atoms with E-state index in [2.05, 4.69) is 17.6 Å². The van der Waals surface area contributed by atoms with Gasteiger partial charge in [0.15, 0.2) is 0 Å². The standard InChI is InChI=1S/C14H19ClN2O/c1-9-3-4-10(7-9)17-11-5-6-13(15)12(8-11)14(18)16-2/h5-6,8-10,17H,3-4,7H2,1-2H3,(H,16,18). The molecule has 18 heavy (non-hydrogen) atoms. The predicted molar refractivity (Wildman–Crippen MR) is 75.3 cm³/mol. The van der Waals surface area contributed by atoms with Gasteiger partial charge in [-0.2, -0.15) is 0 Å². The minimum Gasteiger partial charge on any atom is -0.382 e. The summed E-state index contributed by atoms with van der Waals surface area (Å²) in [5.41, 5.74) is 1.49. The number of benzene rings is 1. The average Bonchev–Trinajstić information content (AvgIpc) is 2.76. The van der Waals surface area contributed by atoms with E-state index in [4.69, 9.17) is 11.6 Å². The van der Waals surface area contributed by atoms with Crippen LogP contribution in [0.25, 0.3) is 0 Å². The second-order valence-corrected chi connectivity index (χ2v) is 5.44. The van der Waals surface area contributed by atoms with Crippen LogP contribution in [-0.4, -0.2) is 19.0 Å². The second-order valence-electron chi connectivity index (χ2n) is 5.03. The molecular formula is C14H19ClN2O. The van der Waals surface area contributed by atoms with E-state index in [1.165, 1.54) is 19.3 Å². The van der Waals surface area contributed by atoms with Crippen molar-refractivity contribution in [3.63, 3.8) is 0 Å². The summed E-state index contributed by atoms with van der Waals surface area (Å²) in [6, 6.07) is 6.04. The fraction of sp³-hybridized carbons (Fsp3) is 0.500. The Morgan fingerprint density at radius 3 is 2.78 bits per heavy atom. The second kappa shape index (κ2) is 5.61. The van der Waals surface area contributed by atoms with Crippen molar-refractivity contribution in [3.05, 3.63) is 28.8 Å². The van der Waals surface area contributed by atoms with Crippen molar-refractivity contribution in [2.75, 3.05) is 12.4 Å². The number of halogens is 1. The van der Waals surface area contributed by atoms with Crippen LogP contribution in [0.3, 0.4) is 0 Å². The largest absolute Gasteiger partial charge is 0.382 e. The molecule has 0 bridgehead atoms. The molecule has 2 unspecified atom stereocenters. The Morgan fingerprint density at radius 2 is 2.17 bits per heavy atom. The van der Waals surface area contributed by atoms with Crippen LogP contribution in [-0.2, 0) is 0 Å². The number of amides is 1. The van der Waals surface area contributed by atoms with Gasteiger partial charge in [-0.3, -0.25) is 4.79 Å². The number of hydrogen-bond acceptors (Lipinski definition) is 2. The Bertz CT molecular complexity index is 447. The molecule has 1 fully saturated rings. The molecule has 1 saturated carbocycles. The molecule has 2 rings (SSSR count). The molecule has 0 aliphatic heterocycles. The Labute approximate surface area is 113 Å². The first kappa shape index (κ1) is 13.2. The van der Waals surface area contributed by atoms with Crippen LogP contribution in [0.1, 0.15) is 36.5 Å². The monoisotopic (exact) mass is 266 g/mol. The van der Waals surface area contributed by atoms with Gasteiger partial charge in [-0.1, -0.05) is 18.5 Å². The van der Waals surface area contributed by atoms with Gasteiger partial charge in [0.05, 0.1) is 10.6 Å². The highest BCUT2D eigenvalue weighted by Gasteiger charge is 2.21. The Hall–Kier alpha value is -1.22. The SMILES string of the molecule is CNC(=O)c1cc(NC2CCC(C)C2)ccc1Cl. The summed E-state index contributed by atoms with van der Waals surface area (Å²) in [6.45, 7) is 2.28. The highest BCUT2D eigenvalue weighted by atomic mass is 35.5. The van der Waals surface area contributed by atoms with Crippen molar-refractivity contribution in [1.29, 1.82) is 0 Å². The van der Waals surface area contributed by atoms with Crippen LogP contribution in [0, 0.1) is 5.92 Å². The zero-order valence-corrected chi connectivity index (χ0v) is 11.6. The zero-order chi connectivity index (χ0) is 13.1. The summed E-state index contributed by atoms with van der Waals surface area (Å²) in [4.78, 5) is 11.7. The van der Waals surface area contributed by atoms with Crippen molar-refractivity contribution in [2.45, 2.75) is 32.2 Å². The molecule has 0 heterocycles. The lowest BCUT2D eigenvalue weighted by atomic mass is 10.1. The maximum atomic E-state index is 11.7. The molecule has 0 saturated heterocycles. The molecule has 3 nitrogen and oxygen atoms in total. The van der Waals surface area contributed by atoms with Crippen LogP contribution in [0.4, 0.5) is 5.69 Å². The summed E-state index contributed by atoms with van der Waals surface area (Å²) in [6.07, 6.45) is 3.66. The van der Waals surface area contributed by atoms with E-state index in [1.807, 2.05) is 12.1 Å². The molecule has 1 aliphatic carbocycles. The van der Waals surface area contributed by atoms with Crippen LogP contribution in [0.2, 0.25) is 5.02 Å². The van der Waals surface area contributed by atoms with E-state index in [1.54, 1.807) is 13.1 Å². The van der Waals surface area contributed by atoms with Crippen molar-refractivity contribution in [1.82, 2.24) is 5.32 Å². The predicted octanol–water partition coefficient (Wildman–Crippen LogP) is 3.30. The lowest BCUT2D eigenvalue weighted by Gasteiger charge is -2.15. The molecule has 2 atom stereocenters. The molecular weight excluding hydrogens is 248 g/mol. The molecule has 1 aliphatic rings. The summed E-state index contributed by atoms with van der Waals surface area (Å²) in [7, 11) is 1.61. The summed E-state index contributed by atoms with van der Waals surface area (Å²) in [5.74, 6) is 0.636. The van der Waals surface area contributed by atoms with Crippen molar-refractivity contribution in [3.8, 4) is 0 Å². The lowest BCUT2D eigenvalue weighted by Crippen LogP contribution is -2.19. The number of carbonyl (C=O) groups is 1. The topological polar surface area (TPSA) is 41.1 Å². The summed E-state index contributed by atoms with van der Waals surface area (Å²) >= 11 is 6.02. The number of hydrogen-bond donors (Lipinski definition) is 2. The highest BCUT2D eigenvalue weighted by Crippen LogP contribution is 2.28. The number of carbonyl (C=O) groups excluding carboxylic acids is 1. The zero-order valence-electron chi connectivity index (χ0n) is 10.8. The third-order valence-corrected chi connectivity index (χ3v) is 3.83. The molecule has 0 spiro atoms. The first-order valence-corrected chi connectivity index (χ1v) is 6.76. The van der Waals surface area contributed by atoms with Gasteiger partial charge >= 0.3 is 0 Å². The van der Waals surface area contributed by atoms with Gasteiger partial charge in [-0.25, -0.2) is 0 Å². The molecule has 98 valence electrons. The lowest BCUT2D eigenvalue weighted by molar-refractivity contribution is 0.0963. The van der Waals surface area contributed by atoms with E-state index in [0.29, 0.717) is 16.6 Å². The van der Waals surface area contributed by atoms with Crippen molar-refractivity contribution in [2.24, 2.45) is 5.92 Å². The molecule has 1 amide bonds. The number of nitrogens with one attached hydrogen (secondary N) is 2. The molecule has 0 aromatic heterocycles. The summed E-state index contributed by atoms with van der Waals surface area (Å²) in [5, 5.41) is 6.56. The maximum Gasteiger partial charge on any atom is 0.252 e. The Kier molecular flexibility index (Phi) is 4.12. The van der Waals surface area contributed by atoms with Crippen LogP contribution >= 0.6 is 11.6 Å². The minimum atomic E-state index is -0.150. The van der Waals surface area contributed by atoms with E-state index < -0.39 is 0 Å². The molecule has 1 aromatic rings. The molecule has 0 radical (unpaired) electrons. The third-order valence-electron chi connectivity index (χ3n) is 3.50.